The number of fused-ring (bicyclic) bond motifs is 1. The van der Waals surface area contributed by atoms with Crippen molar-refractivity contribution in [2.45, 2.75) is 64.1 Å². The van der Waals surface area contributed by atoms with Crippen molar-refractivity contribution >= 4 is 5.91 Å². The number of aromatic nitrogens is 1. The molecule has 0 spiro atoms. The lowest BCUT2D eigenvalue weighted by atomic mass is 9.74. The van der Waals surface area contributed by atoms with E-state index in [0.717, 1.165) is 12.5 Å². The first-order chi connectivity index (χ1) is 16.0. The molecule has 1 fully saturated rings. The molecular formula is C24H32F3N3O4. The van der Waals surface area contributed by atoms with E-state index in [9.17, 15) is 22.8 Å². The first kappa shape index (κ1) is 24.9. The molecule has 1 aromatic rings. The van der Waals surface area contributed by atoms with E-state index in [0.29, 0.717) is 25.7 Å². The van der Waals surface area contributed by atoms with E-state index >= 15 is 0 Å². The molecule has 0 saturated carbocycles. The van der Waals surface area contributed by atoms with Crippen LogP contribution in [0.4, 0.5) is 13.2 Å². The van der Waals surface area contributed by atoms with Crippen LogP contribution >= 0.6 is 0 Å². The Hall–Kier alpha value is -2.17. The number of carbonyl (C=O) groups excluding carboxylic acids is 1. The molecule has 1 amide bonds. The highest BCUT2D eigenvalue weighted by Crippen LogP contribution is 2.42. The Morgan fingerprint density at radius 1 is 1.29 bits per heavy atom. The highest BCUT2D eigenvalue weighted by Gasteiger charge is 2.47. The summed E-state index contributed by atoms with van der Waals surface area (Å²) in [6.07, 6.45) is 0.661. The molecule has 0 aromatic carbocycles. The Balaban J connectivity index is 1.52. The molecule has 10 heteroatoms. The van der Waals surface area contributed by atoms with Crippen LogP contribution in [-0.4, -0.2) is 60.4 Å². The molecule has 4 rings (SSSR count). The number of alkyl halides is 3. The Kier molecular flexibility index (Phi) is 6.94. The van der Waals surface area contributed by atoms with E-state index in [4.69, 9.17) is 9.47 Å². The average Bonchev–Trinajstić information content (AvgIpc) is 3.23. The molecule has 1 N–H and O–H groups in total. The summed E-state index contributed by atoms with van der Waals surface area (Å²) in [5.41, 5.74) is -2.23. The molecule has 0 bridgehead atoms. The zero-order chi connectivity index (χ0) is 24.7. The van der Waals surface area contributed by atoms with Crippen molar-refractivity contribution in [1.29, 1.82) is 0 Å². The molecule has 7 nitrogen and oxygen atoms in total. The number of amides is 1. The minimum atomic E-state index is -4.61. The van der Waals surface area contributed by atoms with E-state index in [1.165, 1.54) is 4.57 Å². The van der Waals surface area contributed by atoms with Crippen molar-refractivity contribution in [2.24, 2.45) is 11.3 Å². The fraction of sp³-hybridized carbons (Fsp3) is 0.667. The quantitative estimate of drug-likeness (QED) is 0.652. The van der Waals surface area contributed by atoms with Crippen LogP contribution in [0.25, 0.3) is 0 Å². The van der Waals surface area contributed by atoms with Crippen molar-refractivity contribution in [2.75, 3.05) is 26.9 Å². The molecule has 188 valence electrons. The van der Waals surface area contributed by atoms with E-state index in [-0.39, 0.29) is 55.3 Å². The third kappa shape index (κ3) is 4.67. The van der Waals surface area contributed by atoms with Crippen LogP contribution in [0.2, 0.25) is 0 Å². The van der Waals surface area contributed by atoms with Gasteiger partial charge in [-0.1, -0.05) is 26.0 Å². The second-order valence-electron chi connectivity index (χ2n) is 9.73. The molecule has 3 heterocycles. The van der Waals surface area contributed by atoms with Gasteiger partial charge in [0.25, 0.3) is 5.56 Å². The number of nitrogens with zero attached hydrogens (tertiary/aromatic N) is 2. The van der Waals surface area contributed by atoms with Gasteiger partial charge in [-0.25, -0.2) is 0 Å². The second kappa shape index (κ2) is 9.47. The van der Waals surface area contributed by atoms with Crippen molar-refractivity contribution < 1.29 is 27.4 Å². The summed E-state index contributed by atoms with van der Waals surface area (Å²) in [7, 11) is 1.66. The highest BCUT2D eigenvalue weighted by molar-refractivity contribution is 5.86. The normalized spacial score (nSPS) is 29.5. The van der Waals surface area contributed by atoms with Crippen LogP contribution in [0.15, 0.2) is 29.1 Å². The summed E-state index contributed by atoms with van der Waals surface area (Å²) in [5, 5.41) is 3.60. The predicted octanol–water partition coefficient (Wildman–Crippen LogP) is 2.57. The number of nitrogens with one attached hydrogen (secondary N) is 1. The number of ether oxygens (including phenoxy) is 2. The van der Waals surface area contributed by atoms with Gasteiger partial charge in [0.2, 0.25) is 5.91 Å². The van der Waals surface area contributed by atoms with E-state index in [1.807, 2.05) is 26.0 Å². The molecule has 34 heavy (non-hydrogen) atoms. The molecule has 3 aliphatic rings. The summed E-state index contributed by atoms with van der Waals surface area (Å²) in [5.74, 6) is -0.129. The van der Waals surface area contributed by atoms with Gasteiger partial charge in [0.15, 0.2) is 0 Å². The zero-order valence-electron chi connectivity index (χ0n) is 19.7. The number of halogens is 3. The number of rotatable bonds is 5. The molecule has 0 radical (unpaired) electrons. The summed E-state index contributed by atoms with van der Waals surface area (Å²) in [4.78, 5) is 27.6. The van der Waals surface area contributed by atoms with Crippen LogP contribution in [-0.2, 0) is 33.5 Å². The van der Waals surface area contributed by atoms with Gasteiger partial charge in [-0.3, -0.25) is 9.59 Å². The third-order valence-corrected chi connectivity index (χ3v) is 7.42. The smallest absolute Gasteiger partial charge is 0.379 e. The molecule has 2 aliphatic heterocycles. The summed E-state index contributed by atoms with van der Waals surface area (Å²) < 4.78 is 52.1. The maximum Gasteiger partial charge on any atom is 0.416 e. The highest BCUT2D eigenvalue weighted by atomic mass is 19.4. The van der Waals surface area contributed by atoms with Crippen LogP contribution in [0.1, 0.15) is 37.9 Å². The molecular weight excluding hydrogens is 451 g/mol. The molecule has 1 aliphatic carbocycles. The van der Waals surface area contributed by atoms with Gasteiger partial charge in [0, 0.05) is 50.7 Å². The minimum Gasteiger partial charge on any atom is -0.379 e. The average molecular weight is 484 g/mol. The first-order valence-electron chi connectivity index (χ1n) is 11.7. The SMILES string of the molecule is CO[C@H]1COCC[C@H]1NC1C=C[C@@](C(=O)N2CCn3c(cc(C(F)(F)F)cc3=O)C2)(C(C)C)C1. The first-order valence-corrected chi connectivity index (χ1v) is 11.7. The van der Waals surface area contributed by atoms with Gasteiger partial charge >= 0.3 is 6.18 Å². The van der Waals surface area contributed by atoms with Gasteiger partial charge in [-0.05, 0) is 24.8 Å². The van der Waals surface area contributed by atoms with Crippen molar-refractivity contribution in [3.63, 3.8) is 0 Å². The van der Waals surface area contributed by atoms with Crippen LogP contribution in [0, 0.1) is 11.3 Å². The van der Waals surface area contributed by atoms with E-state index in [2.05, 4.69) is 5.32 Å². The lowest BCUT2D eigenvalue weighted by Crippen LogP contribution is -2.53. The topological polar surface area (TPSA) is 72.8 Å². The minimum absolute atomic E-state index is 0.0124. The number of carbonyl (C=O) groups is 1. The predicted molar refractivity (Wildman–Crippen MR) is 119 cm³/mol. The van der Waals surface area contributed by atoms with Crippen LogP contribution < -0.4 is 10.9 Å². The lowest BCUT2D eigenvalue weighted by Gasteiger charge is -2.40. The van der Waals surface area contributed by atoms with Crippen LogP contribution in [0.3, 0.4) is 0 Å². The Bertz CT molecular complexity index is 1010. The lowest BCUT2D eigenvalue weighted by molar-refractivity contribution is -0.143. The van der Waals surface area contributed by atoms with Gasteiger partial charge in [-0.15, -0.1) is 0 Å². The van der Waals surface area contributed by atoms with E-state index < -0.39 is 22.7 Å². The van der Waals surface area contributed by atoms with Crippen LogP contribution in [0.5, 0.6) is 0 Å². The van der Waals surface area contributed by atoms with Gasteiger partial charge in [0.05, 0.1) is 30.2 Å². The van der Waals surface area contributed by atoms with Crippen molar-refractivity contribution in [3.8, 4) is 0 Å². The third-order valence-electron chi connectivity index (χ3n) is 7.42. The Morgan fingerprint density at radius 2 is 2.06 bits per heavy atom. The largest absolute Gasteiger partial charge is 0.416 e. The summed E-state index contributed by atoms with van der Waals surface area (Å²) in [6.45, 7) is 5.57. The van der Waals surface area contributed by atoms with E-state index in [1.54, 1.807) is 12.0 Å². The van der Waals surface area contributed by atoms with Gasteiger partial charge in [0.1, 0.15) is 0 Å². The Labute approximate surface area is 196 Å². The maximum atomic E-state index is 13.8. The fourth-order valence-corrected chi connectivity index (χ4v) is 5.31. The standard InChI is InChI=1S/C24H32F3N3O4/c1-15(2)23(6-4-17(12-23)28-19-5-9-34-14-20(19)33-3)22(32)29-7-8-30-18(13-29)10-16(11-21(30)31)24(25,26)27/h4,6,10-11,15,17,19-20,28H,5,7-9,12-14H2,1-3H3/t17?,19-,20+,23+/m1/s1. The number of pyridine rings is 1. The number of hydrogen-bond acceptors (Lipinski definition) is 5. The zero-order valence-corrected chi connectivity index (χ0v) is 19.7. The second-order valence-corrected chi connectivity index (χ2v) is 9.73. The molecule has 1 aromatic heterocycles. The number of hydrogen-bond donors (Lipinski definition) is 1. The van der Waals surface area contributed by atoms with Gasteiger partial charge in [-0.2, -0.15) is 13.2 Å². The maximum absolute atomic E-state index is 13.8. The Morgan fingerprint density at radius 3 is 2.74 bits per heavy atom. The van der Waals surface area contributed by atoms with Crippen molar-refractivity contribution in [3.05, 3.63) is 45.9 Å². The molecule has 1 unspecified atom stereocenters. The fourth-order valence-electron chi connectivity index (χ4n) is 5.31. The number of methoxy groups -OCH3 is 1. The van der Waals surface area contributed by atoms with Gasteiger partial charge < -0.3 is 24.3 Å². The molecule has 1 saturated heterocycles. The summed E-state index contributed by atoms with van der Waals surface area (Å²) in [6, 6.07) is 1.69. The van der Waals surface area contributed by atoms with Crippen molar-refractivity contribution in [1.82, 2.24) is 14.8 Å². The molecule has 4 atom stereocenters. The summed E-state index contributed by atoms with van der Waals surface area (Å²) >= 11 is 0. The monoisotopic (exact) mass is 483 g/mol.